The topological polar surface area (TPSA) is 0 Å². The second kappa shape index (κ2) is 3.40. The first-order valence-electron chi connectivity index (χ1n) is 5.79. The second-order valence-corrected chi connectivity index (χ2v) is 5.10. The summed E-state index contributed by atoms with van der Waals surface area (Å²) in [4.78, 5) is 0. The van der Waals surface area contributed by atoms with Gasteiger partial charge in [0.1, 0.15) is 0 Å². The van der Waals surface area contributed by atoms with Crippen LogP contribution in [0, 0.1) is 23.7 Å². The third kappa shape index (κ3) is 1.41. The molecule has 12 heavy (non-hydrogen) atoms. The fraction of sp³-hybridized carbons (Fsp3) is 1.00. The summed E-state index contributed by atoms with van der Waals surface area (Å²) < 4.78 is 0. The van der Waals surface area contributed by atoms with E-state index in [1.807, 2.05) is 0 Å². The Morgan fingerprint density at radius 1 is 0.750 bits per heavy atom. The van der Waals surface area contributed by atoms with Crippen molar-refractivity contribution in [3.8, 4) is 0 Å². The van der Waals surface area contributed by atoms with Gasteiger partial charge in [0.25, 0.3) is 0 Å². The molecule has 0 heterocycles. The first kappa shape index (κ1) is 8.59. The molecule has 0 N–H and O–H groups in total. The van der Waals surface area contributed by atoms with Crippen LogP contribution in [-0.4, -0.2) is 0 Å². The minimum absolute atomic E-state index is 1.02. The summed E-state index contributed by atoms with van der Waals surface area (Å²) in [5.41, 5.74) is 0. The SMILES string of the molecule is CC(C1CCC1)C(C)C1CCC1. The zero-order valence-electron chi connectivity index (χ0n) is 8.55. The van der Waals surface area contributed by atoms with Crippen molar-refractivity contribution in [3.05, 3.63) is 0 Å². The predicted molar refractivity (Wildman–Crippen MR) is 53.0 cm³/mol. The van der Waals surface area contributed by atoms with E-state index in [0.29, 0.717) is 0 Å². The van der Waals surface area contributed by atoms with Crippen LogP contribution in [0.3, 0.4) is 0 Å². The lowest BCUT2D eigenvalue weighted by atomic mass is 9.64. The average Bonchev–Trinajstić information content (AvgIpc) is 1.79. The Kier molecular flexibility index (Phi) is 2.43. The molecule has 2 atom stereocenters. The summed E-state index contributed by atoms with van der Waals surface area (Å²) in [6.45, 7) is 4.99. The molecule has 2 saturated carbocycles. The molecule has 0 bridgehead atoms. The average molecular weight is 166 g/mol. The summed E-state index contributed by atoms with van der Waals surface area (Å²) in [6, 6.07) is 0. The normalized spacial score (nSPS) is 30.5. The Morgan fingerprint density at radius 2 is 1.08 bits per heavy atom. The van der Waals surface area contributed by atoms with Gasteiger partial charge < -0.3 is 0 Å². The van der Waals surface area contributed by atoms with Crippen LogP contribution in [0.15, 0.2) is 0 Å². The van der Waals surface area contributed by atoms with Crippen LogP contribution in [0.4, 0.5) is 0 Å². The molecule has 0 aromatic heterocycles. The first-order valence-corrected chi connectivity index (χ1v) is 5.79. The van der Waals surface area contributed by atoms with Crippen molar-refractivity contribution in [1.82, 2.24) is 0 Å². The zero-order chi connectivity index (χ0) is 8.55. The van der Waals surface area contributed by atoms with Gasteiger partial charge >= 0.3 is 0 Å². The van der Waals surface area contributed by atoms with Crippen molar-refractivity contribution in [2.24, 2.45) is 23.7 Å². The Bertz CT molecular complexity index is 124. The van der Waals surface area contributed by atoms with Gasteiger partial charge in [0.15, 0.2) is 0 Å². The molecule has 0 nitrogen and oxygen atoms in total. The lowest BCUT2D eigenvalue weighted by Crippen LogP contribution is -2.31. The molecular weight excluding hydrogens is 144 g/mol. The Labute approximate surface area is 76.7 Å². The molecule has 0 aliphatic heterocycles. The summed E-state index contributed by atoms with van der Waals surface area (Å²) in [6.07, 6.45) is 9.12. The fourth-order valence-electron chi connectivity index (χ4n) is 2.79. The first-order chi connectivity index (χ1) is 5.79. The Hall–Kier alpha value is 0. The molecule has 0 aromatic rings. The maximum atomic E-state index is 2.49. The molecule has 2 rings (SSSR count). The van der Waals surface area contributed by atoms with Crippen LogP contribution < -0.4 is 0 Å². The molecule has 2 unspecified atom stereocenters. The van der Waals surface area contributed by atoms with Gasteiger partial charge in [0.2, 0.25) is 0 Å². The summed E-state index contributed by atoms with van der Waals surface area (Å²) in [5.74, 6) is 4.23. The highest BCUT2D eigenvalue weighted by Gasteiger charge is 2.33. The predicted octanol–water partition coefficient (Wildman–Crippen LogP) is 3.86. The minimum atomic E-state index is 1.02. The van der Waals surface area contributed by atoms with Crippen molar-refractivity contribution in [2.45, 2.75) is 52.4 Å². The third-order valence-electron chi connectivity index (χ3n) is 4.62. The van der Waals surface area contributed by atoms with Crippen LogP contribution in [0.1, 0.15) is 52.4 Å². The van der Waals surface area contributed by atoms with E-state index in [4.69, 9.17) is 0 Å². The maximum absolute atomic E-state index is 2.49. The van der Waals surface area contributed by atoms with Crippen molar-refractivity contribution >= 4 is 0 Å². The highest BCUT2D eigenvalue weighted by atomic mass is 14.4. The largest absolute Gasteiger partial charge is 0.0620 e. The molecule has 2 aliphatic carbocycles. The van der Waals surface area contributed by atoms with Gasteiger partial charge in [0.05, 0.1) is 0 Å². The molecule has 0 spiro atoms. The van der Waals surface area contributed by atoms with E-state index >= 15 is 0 Å². The lowest BCUT2D eigenvalue weighted by Gasteiger charge is -2.41. The van der Waals surface area contributed by atoms with Crippen LogP contribution >= 0.6 is 0 Å². The molecule has 0 radical (unpaired) electrons. The zero-order valence-corrected chi connectivity index (χ0v) is 8.55. The molecule has 0 heteroatoms. The van der Waals surface area contributed by atoms with Crippen LogP contribution in [0.25, 0.3) is 0 Å². The highest BCUT2D eigenvalue weighted by Crippen LogP contribution is 2.44. The lowest BCUT2D eigenvalue weighted by molar-refractivity contribution is 0.0924. The number of hydrogen-bond donors (Lipinski definition) is 0. The quantitative estimate of drug-likeness (QED) is 0.597. The van der Waals surface area contributed by atoms with Crippen molar-refractivity contribution in [3.63, 3.8) is 0 Å². The van der Waals surface area contributed by atoms with Gasteiger partial charge in [-0.25, -0.2) is 0 Å². The van der Waals surface area contributed by atoms with E-state index in [1.54, 1.807) is 0 Å². The van der Waals surface area contributed by atoms with Gasteiger partial charge in [-0.1, -0.05) is 52.4 Å². The highest BCUT2D eigenvalue weighted by molar-refractivity contribution is 4.84. The minimum Gasteiger partial charge on any atom is -0.0620 e. The van der Waals surface area contributed by atoms with Crippen LogP contribution in [-0.2, 0) is 0 Å². The standard InChI is InChI=1S/C12H22/c1-9(11-5-3-6-11)10(2)12-7-4-8-12/h9-12H,3-8H2,1-2H3. The second-order valence-electron chi connectivity index (χ2n) is 5.10. The molecule has 0 saturated heterocycles. The molecule has 0 amide bonds. The fourth-order valence-corrected chi connectivity index (χ4v) is 2.79. The van der Waals surface area contributed by atoms with Gasteiger partial charge in [-0.15, -0.1) is 0 Å². The van der Waals surface area contributed by atoms with E-state index in [1.165, 1.54) is 38.5 Å². The Morgan fingerprint density at radius 3 is 1.25 bits per heavy atom. The molecular formula is C12H22. The third-order valence-corrected chi connectivity index (χ3v) is 4.62. The van der Waals surface area contributed by atoms with Gasteiger partial charge in [-0.05, 0) is 23.7 Å². The van der Waals surface area contributed by atoms with Crippen LogP contribution in [0.5, 0.6) is 0 Å². The summed E-state index contributed by atoms with van der Waals surface area (Å²) in [7, 11) is 0. The van der Waals surface area contributed by atoms with Gasteiger partial charge in [-0.3, -0.25) is 0 Å². The van der Waals surface area contributed by atoms with E-state index in [-0.39, 0.29) is 0 Å². The number of rotatable bonds is 3. The van der Waals surface area contributed by atoms with E-state index in [0.717, 1.165) is 23.7 Å². The molecule has 0 aromatic carbocycles. The molecule has 70 valence electrons. The van der Waals surface area contributed by atoms with E-state index in [9.17, 15) is 0 Å². The van der Waals surface area contributed by atoms with Crippen molar-refractivity contribution in [2.75, 3.05) is 0 Å². The van der Waals surface area contributed by atoms with Crippen molar-refractivity contribution < 1.29 is 0 Å². The Balaban J connectivity index is 1.80. The summed E-state index contributed by atoms with van der Waals surface area (Å²) in [5, 5.41) is 0. The molecule has 2 aliphatic rings. The maximum Gasteiger partial charge on any atom is -0.0386 e. The van der Waals surface area contributed by atoms with Crippen molar-refractivity contribution in [1.29, 1.82) is 0 Å². The van der Waals surface area contributed by atoms with Crippen LogP contribution in [0.2, 0.25) is 0 Å². The monoisotopic (exact) mass is 166 g/mol. The van der Waals surface area contributed by atoms with Gasteiger partial charge in [-0.2, -0.15) is 0 Å². The van der Waals surface area contributed by atoms with E-state index in [2.05, 4.69) is 13.8 Å². The molecule has 2 fully saturated rings. The van der Waals surface area contributed by atoms with E-state index < -0.39 is 0 Å². The smallest absolute Gasteiger partial charge is 0.0386 e. The number of hydrogen-bond acceptors (Lipinski definition) is 0. The van der Waals surface area contributed by atoms with Gasteiger partial charge in [0, 0.05) is 0 Å². The summed E-state index contributed by atoms with van der Waals surface area (Å²) >= 11 is 0.